The lowest BCUT2D eigenvalue weighted by atomic mass is 10.1. The van der Waals surface area contributed by atoms with Gasteiger partial charge < -0.3 is 9.88 Å². The van der Waals surface area contributed by atoms with Crippen LogP contribution in [0.2, 0.25) is 0 Å². The van der Waals surface area contributed by atoms with Crippen molar-refractivity contribution in [3.63, 3.8) is 0 Å². The van der Waals surface area contributed by atoms with E-state index in [1.54, 1.807) is 0 Å². The highest BCUT2D eigenvalue weighted by Gasteiger charge is 2.20. The smallest absolute Gasteiger partial charge is 0.110 e. The number of benzene rings is 2. The first kappa shape index (κ1) is 14.2. The van der Waals surface area contributed by atoms with Crippen molar-refractivity contribution in [1.82, 2.24) is 14.9 Å². The van der Waals surface area contributed by atoms with E-state index in [9.17, 15) is 0 Å². The monoisotopic (exact) mass is 303 g/mol. The lowest BCUT2D eigenvalue weighted by molar-refractivity contribution is 0.501. The average molecular weight is 303 g/mol. The van der Waals surface area contributed by atoms with Crippen LogP contribution in [0.3, 0.4) is 0 Å². The van der Waals surface area contributed by atoms with Crippen LogP contribution >= 0.6 is 0 Å². The van der Waals surface area contributed by atoms with Gasteiger partial charge in [-0.15, -0.1) is 0 Å². The van der Waals surface area contributed by atoms with Gasteiger partial charge in [0.1, 0.15) is 5.82 Å². The number of aromatic nitrogens is 2. The third kappa shape index (κ3) is 2.92. The van der Waals surface area contributed by atoms with Gasteiger partial charge in [0.2, 0.25) is 0 Å². The van der Waals surface area contributed by atoms with Gasteiger partial charge in [0.15, 0.2) is 0 Å². The van der Waals surface area contributed by atoms with Crippen molar-refractivity contribution in [2.45, 2.75) is 25.9 Å². The van der Waals surface area contributed by atoms with E-state index in [0.29, 0.717) is 0 Å². The predicted molar refractivity (Wildman–Crippen MR) is 93.2 cm³/mol. The summed E-state index contributed by atoms with van der Waals surface area (Å²) in [5.74, 6) is 1.21. The summed E-state index contributed by atoms with van der Waals surface area (Å²) in [6.45, 7) is 2.94. The van der Waals surface area contributed by atoms with E-state index in [1.807, 2.05) is 0 Å². The fraction of sp³-hybridized carbons (Fsp3) is 0.250. The molecule has 4 rings (SSSR count). The first-order chi connectivity index (χ1) is 11.4. The maximum absolute atomic E-state index is 5.00. The fourth-order valence-corrected chi connectivity index (χ4v) is 3.30. The van der Waals surface area contributed by atoms with E-state index in [-0.39, 0.29) is 0 Å². The van der Waals surface area contributed by atoms with Crippen molar-refractivity contribution in [3.05, 3.63) is 77.7 Å². The summed E-state index contributed by atoms with van der Waals surface area (Å²) in [6, 6.07) is 21.2. The predicted octanol–water partition coefficient (Wildman–Crippen LogP) is 3.44. The molecule has 0 saturated heterocycles. The molecule has 0 radical (unpaired) electrons. The van der Waals surface area contributed by atoms with Crippen LogP contribution < -0.4 is 5.32 Å². The minimum Gasteiger partial charge on any atom is -0.329 e. The molecule has 23 heavy (non-hydrogen) atoms. The number of imidazole rings is 1. The first-order valence-corrected chi connectivity index (χ1v) is 8.30. The zero-order valence-corrected chi connectivity index (χ0v) is 13.2. The Balaban J connectivity index is 1.66. The molecule has 0 aliphatic carbocycles. The molecule has 3 aromatic rings. The molecule has 0 fully saturated rings. The van der Waals surface area contributed by atoms with Crippen LogP contribution in [-0.2, 0) is 25.9 Å². The van der Waals surface area contributed by atoms with Gasteiger partial charge in [-0.1, -0.05) is 60.7 Å². The minimum atomic E-state index is 0.905. The third-order valence-corrected chi connectivity index (χ3v) is 4.48. The van der Waals surface area contributed by atoms with Gasteiger partial charge in [0, 0.05) is 31.6 Å². The van der Waals surface area contributed by atoms with Crippen LogP contribution in [0, 0.1) is 0 Å². The first-order valence-electron chi connectivity index (χ1n) is 8.30. The molecule has 0 bridgehead atoms. The normalized spacial score (nSPS) is 13.7. The largest absolute Gasteiger partial charge is 0.329 e. The second-order valence-electron chi connectivity index (χ2n) is 6.00. The quantitative estimate of drug-likeness (QED) is 0.800. The molecular formula is C20H21N3. The number of hydrogen-bond acceptors (Lipinski definition) is 2. The Bertz CT molecular complexity index is 775. The second kappa shape index (κ2) is 6.39. The summed E-state index contributed by atoms with van der Waals surface area (Å²) >= 11 is 0. The SMILES string of the molecule is c1ccc(CCc2nc(-c3ccccc3)c3n2CCNC3)cc1. The van der Waals surface area contributed by atoms with Gasteiger partial charge in [0.25, 0.3) is 0 Å². The Hall–Kier alpha value is -2.39. The lowest BCUT2D eigenvalue weighted by Gasteiger charge is -2.18. The molecule has 0 saturated carbocycles. The summed E-state index contributed by atoms with van der Waals surface area (Å²) in [6.07, 6.45) is 2.03. The molecule has 0 spiro atoms. The lowest BCUT2D eigenvalue weighted by Crippen LogP contribution is -2.29. The van der Waals surface area contributed by atoms with Gasteiger partial charge in [0.05, 0.1) is 11.4 Å². The molecule has 116 valence electrons. The van der Waals surface area contributed by atoms with Crippen LogP contribution in [0.4, 0.5) is 0 Å². The molecule has 1 aliphatic rings. The summed E-state index contributed by atoms with van der Waals surface area (Å²) in [5, 5.41) is 3.48. The van der Waals surface area contributed by atoms with Gasteiger partial charge >= 0.3 is 0 Å². The number of hydrogen-bond donors (Lipinski definition) is 1. The zero-order chi connectivity index (χ0) is 15.5. The van der Waals surface area contributed by atoms with Crippen LogP contribution in [0.1, 0.15) is 17.1 Å². The Morgan fingerprint density at radius 1 is 0.913 bits per heavy atom. The minimum absolute atomic E-state index is 0.905. The molecule has 1 aromatic heterocycles. The van der Waals surface area contributed by atoms with E-state index in [4.69, 9.17) is 4.98 Å². The number of nitrogens with one attached hydrogen (secondary N) is 1. The topological polar surface area (TPSA) is 29.9 Å². The number of rotatable bonds is 4. The molecule has 1 aliphatic heterocycles. The van der Waals surface area contributed by atoms with Gasteiger partial charge in [-0.2, -0.15) is 0 Å². The van der Waals surface area contributed by atoms with Crippen molar-refractivity contribution in [2.24, 2.45) is 0 Å². The molecule has 0 amide bonds. The fourth-order valence-electron chi connectivity index (χ4n) is 3.30. The van der Waals surface area contributed by atoms with Crippen molar-refractivity contribution in [2.75, 3.05) is 6.54 Å². The summed E-state index contributed by atoms with van der Waals surface area (Å²) < 4.78 is 2.42. The average Bonchev–Trinajstić information content (AvgIpc) is 3.01. The van der Waals surface area contributed by atoms with Gasteiger partial charge in [-0.25, -0.2) is 4.98 Å². The highest BCUT2D eigenvalue weighted by molar-refractivity contribution is 5.62. The summed E-state index contributed by atoms with van der Waals surface area (Å²) in [5.41, 5.74) is 5.05. The zero-order valence-electron chi connectivity index (χ0n) is 13.2. The Kier molecular flexibility index (Phi) is 3.95. The van der Waals surface area contributed by atoms with E-state index >= 15 is 0 Å². The Labute approximate surface area is 137 Å². The van der Waals surface area contributed by atoms with Crippen LogP contribution in [0.5, 0.6) is 0 Å². The van der Waals surface area contributed by atoms with Crippen molar-refractivity contribution < 1.29 is 0 Å². The molecule has 0 unspecified atom stereocenters. The van der Waals surface area contributed by atoms with Crippen molar-refractivity contribution >= 4 is 0 Å². The van der Waals surface area contributed by atoms with E-state index < -0.39 is 0 Å². The van der Waals surface area contributed by atoms with Gasteiger partial charge in [-0.3, -0.25) is 0 Å². The van der Waals surface area contributed by atoms with E-state index in [0.717, 1.165) is 38.2 Å². The number of fused-ring (bicyclic) bond motifs is 1. The van der Waals surface area contributed by atoms with E-state index in [1.165, 1.54) is 22.6 Å². The Morgan fingerprint density at radius 2 is 1.65 bits per heavy atom. The maximum atomic E-state index is 5.00. The molecular weight excluding hydrogens is 282 g/mol. The second-order valence-corrected chi connectivity index (χ2v) is 6.00. The summed E-state index contributed by atoms with van der Waals surface area (Å²) in [4.78, 5) is 5.00. The molecule has 3 heteroatoms. The van der Waals surface area contributed by atoms with Crippen molar-refractivity contribution in [1.29, 1.82) is 0 Å². The third-order valence-electron chi connectivity index (χ3n) is 4.48. The molecule has 3 nitrogen and oxygen atoms in total. The Morgan fingerprint density at radius 3 is 2.43 bits per heavy atom. The maximum Gasteiger partial charge on any atom is 0.110 e. The van der Waals surface area contributed by atoms with Crippen LogP contribution in [0.15, 0.2) is 60.7 Å². The molecule has 0 atom stereocenters. The number of aryl methyl sites for hydroxylation is 2. The molecule has 1 N–H and O–H groups in total. The van der Waals surface area contributed by atoms with E-state index in [2.05, 4.69) is 70.5 Å². The molecule has 2 heterocycles. The van der Waals surface area contributed by atoms with Crippen LogP contribution in [0.25, 0.3) is 11.3 Å². The molecule has 2 aromatic carbocycles. The van der Waals surface area contributed by atoms with Crippen LogP contribution in [-0.4, -0.2) is 16.1 Å². The standard InChI is InChI=1S/C20H21N3/c1-3-7-16(8-4-1)11-12-19-22-20(17-9-5-2-6-10-17)18-15-21-13-14-23(18)19/h1-10,21H,11-15H2. The highest BCUT2D eigenvalue weighted by Crippen LogP contribution is 2.26. The number of nitrogens with zero attached hydrogens (tertiary/aromatic N) is 2. The van der Waals surface area contributed by atoms with Gasteiger partial charge in [-0.05, 0) is 12.0 Å². The highest BCUT2D eigenvalue weighted by atomic mass is 15.2. The van der Waals surface area contributed by atoms with Crippen molar-refractivity contribution in [3.8, 4) is 11.3 Å². The summed E-state index contributed by atoms with van der Waals surface area (Å²) in [7, 11) is 0.